The molecule has 1 aromatic carbocycles. The van der Waals surface area contributed by atoms with Crippen LogP contribution in [0.15, 0.2) is 12.1 Å². The first-order chi connectivity index (χ1) is 9.42. The molecule has 0 atom stereocenters. The van der Waals surface area contributed by atoms with Gasteiger partial charge in [0, 0.05) is 18.2 Å². The average molecular weight is 297 g/mol. The number of nitrogens with zero attached hydrogens (tertiary/aromatic N) is 1. The molecule has 5 nitrogen and oxygen atoms in total. The number of hydrogen-bond acceptors (Lipinski definition) is 3. The molecule has 1 aromatic heterocycles. The normalized spacial score (nSPS) is 11.1. The second-order valence-electron chi connectivity index (χ2n) is 4.74. The third-order valence-corrected chi connectivity index (χ3v) is 3.12. The summed E-state index contributed by atoms with van der Waals surface area (Å²) in [6.45, 7) is 3.83. The third-order valence-electron chi connectivity index (χ3n) is 2.80. The fourth-order valence-electron chi connectivity index (χ4n) is 1.98. The second-order valence-corrected chi connectivity index (χ2v) is 5.13. The van der Waals surface area contributed by atoms with Gasteiger partial charge in [-0.2, -0.15) is 0 Å². The Labute approximate surface area is 120 Å². The highest BCUT2D eigenvalue weighted by atomic mass is 32.1. The molecule has 0 aliphatic rings. The van der Waals surface area contributed by atoms with Gasteiger partial charge in [-0.1, -0.05) is 0 Å². The molecule has 0 saturated heterocycles. The second kappa shape index (κ2) is 5.62. The Morgan fingerprint density at radius 1 is 1.55 bits per heavy atom. The van der Waals surface area contributed by atoms with Crippen molar-refractivity contribution in [3.05, 3.63) is 22.7 Å². The Bertz CT molecular complexity index is 705. The van der Waals surface area contributed by atoms with Gasteiger partial charge in [0.25, 0.3) is 0 Å². The van der Waals surface area contributed by atoms with E-state index < -0.39 is 5.82 Å². The summed E-state index contributed by atoms with van der Waals surface area (Å²) in [7, 11) is 1.39. The molecule has 2 rings (SSSR count). The molecular weight excluding hydrogens is 281 g/mol. The predicted molar refractivity (Wildman–Crippen MR) is 76.9 cm³/mol. The summed E-state index contributed by atoms with van der Waals surface area (Å²) in [6, 6.07) is 2.88. The van der Waals surface area contributed by atoms with Crippen LogP contribution in [0.5, 0.6) is 5.75 Å². The molecule has 0 spiro atoms. The molecule has 20 heavy (non-hydrogen) atoms. The minimum Gasteiger partial charge on any atom is -0.494 e. The van der Waals surface area contributed by atoms with Gasteiger partial charge in [0.1, 0.15) is 6.54 Å². The molecule has 1 heterocycles. The summed E-state index contributed by atoms with van der Waals surface area (Å²) >= 11 is 5.17. The zero-order valence-corrected chi connectivity index (χ0v) is 12.3. The molecular formula is C13H16FN3O2S. The summed E-state index contributed by atoms with van der Waals surface area (Å²) in [5.74, 6) is -0.514. The Balaban J connectivity index is 2.45. The smallest absolute Gasteiger partial charge is 0.240 e. The van der Waals surface area contributed by atoms with E-state index in [0.29, 0.717) is 15.8 Å². The molecule has 0 saturated carbocycles. The Morgan fingerprint density at radius 2 is 2.25 bits per heavy atom. The van der Waals surface area contributed by atoms with E-state index >= 15 is 0 Å². The average Bonchev–Trinajstić information content (AvgIpc) is 2.63. The first-order valence-electron chi connectivity index (χ1n) is 6.17. The maximum atomic E-state index is 13.6. The van der Waals surface area contributed by atoms with E-state index in [0.717, 1.165) is 0 Å². The molecule has 108 valence electrons. The highest BCUT2D eigenvalue weighted by Crippen LogP contribution is 2.24. The maximum absolute atomic E-state index is 13.6. The van der Waals surface area contributed by atoms with Crippen molar-refractivity contribution in [1.29, 1.82) is 0 Å². The molecule has 7 heteroatoms. The number of carbonyl (C=O) groups is 1. The van der Waals surface area contributed by atoms with Crippen molar-refractivity contribution in [3.8, 4) is 5.75 Å². The number of aromatic amines is 1. The number of rotatable bonds is 4. The summed E-state index contributed by atoms with van der Waals surface area (Å²) in [5, 5.41) is 2.79. The van der Waals surface area contributed by atoms with Gasteiger partial charge in [-0.3, -0.25) is 4.79 Å². The van der Waals surface area contributed by atoms with E-state index in [2.05, 4.69) is 10.3 Å². The molecule has 0 unspecified atom stereocenters. The van der Waals surface area contributed by atoms with E-state index in [1.54, 1.807) is 4.57 Å². The largest absolute Gasteiger partial charge is 0.494 e. The van der Waals surface area contributed by atoms with E-state index in [4.69, 9.17) is 17.0 Å². The van der Waals surface area contributed by atoms with Gasteiger partial charge >= 0.3 is 0 Å². The lowest BCUT2D eigenvalue weighted by Gasteiger charge is -2.10. The van der Waals surface area contributed by atoms with E-state index in [1.807, 2.05) is 13.8 Å². The van der Waals surface area contributed by atoms with Crippen molar-refractivity contribution in [1.82, 2.24) is 14.9 Å². The van der Waals surface area contributed by atoms with Gasteiger partial charge in [0.2, 0.25) is 5.91 Å². The van der Waals surface area contributed by atoms with Crippen molar-refractivity contribution in [2.45, 2.75) is 26.4 Å². The topological polar surface area (TPSA) is 59.0 Å². The van der Waals surface area contributed by atoms with Crippen LogP contribution in [0.4, 0.5) is 4.39 Å². The number of amides is 1. The lowest BCUT2D eigenvalue weighted by molar-refractivity contribution is -0.122. The monoisotopic (exact) mass is 297 g/mol. The van der Waals surface area contributed by atoms with Crippen LogP contribution in [0.25, 0.3) is 11.0 Å². The molecule has 0 fully saturated rings. The number of ether oxygens (including phenoxy) is 1. The van der Waals surface area contributed by atoms with Crippen molar-refractivity contribution in [2.75, 3.05) is 7.11 Å². The lowest BCUT2D eigenvalue weighted by atomic mass is 10.3. The van der Waals surface area contributed by atoms with Crippen LogP contribution >= 0.6 is 12.2 Å². The summed E-state index contributed by atoms with van der Waals surface area (Å²) in [5.41, 5.74) is 1.16. The molecule has 0 bridgehead atoms. The van der Waals surface area contributed by atoms with E-state index in [-0.39, 0.29) is 24.2 Å². The zero-order chi connectivity index (χ0) is 14.9. The maximum Gasteiger partial charge on any atom is 0.240 e. The number of hydrogen-bond donors (Lipinski definition) is 2. The number of halogens is 1. The van der Waals surface area contributed by atoms with Crippen LogP contribution in [0.3, 0.4) is 0 Å². The standard InChI is InChI=1S/C13H16FN3O2S/c1-7(2)15-12(18)6-17-10-5-11(19-3)8(14)4-9(10)16-13(17)20/h4-5,7H,6H2,1-3H3,(H,15,18)(H,16,20). The van der Waals surface area contributed by atoms with Crippen molar-refractivity contribution < 1.29 is 13.9 Å². The van der Waals surface area contributed by atoms with Crippen molar-refractivity contribution >= 4 is 29.2 Å². The van der Waals surface area contributed by atoms with Crippen LogP contribution < -0.4 is 10.1 Å². The minimum absolute atomic E-state index is 0.0499. The van der Waals surface area contributed by atoms with E-state index in [9.17, 15) is 9.18 Å². The summed E-state index contributed by atoms with van der Waals surface area (Å²) in [6.07, 6.45) is 0. The number of nitrogens with one attached hydrogen (secondary N) is 2. The number of fused-ring (bicyclic) bond motifs is 1. The highest BCUT2D eigenvalue weighted by Gasteiger charge is 2.13. The van der Waals surface area contributed by atoms with Gasteiger partial charge in [0.05, 0.1) is 18.1 Å². The van der Waals surface area contributed by atoms with Crippen LogP contribution in [0, 0.1) is 10.6 Å². The number of H-pyrrole nitrogens is 1. The van der Waals surface area contributed by atoms with Gasteiger partial charge in [-0.05, 0) is 26.1 Å². The SMILES string of the molecule is COc1cc2c(cc1F)[nH]c(=S)n2CC(=O)NC(C)C. The highest BCUT2D eigenvalue weighted by molar-refractivity contribution is 7.71. The quantitative estimate of drug-likeness (QED) is 0.852. The Morgan fingerprint density at radius 3 is 2.85 bits per heavy atom. The number of methoxy groups -OCH3 is 1. The van der Waals surface area contributed by atoms with Crippen LogP contribution in [-0.4, -0.2) is 28.6 Å². The molecule has 0 aliphatic heterocycles. The molecule has 0 aliphatic carbocycles. The van der Waals surface area contributed by atoms with Crippen LogP contribution in [0.2, 0.25) is 0 Å². The zero-order valence-electron chi connectivity index (χ0n) is 11.5. The van der Waals surface area contributed by atoms with Gasteiger partial charge in [-0.25, -0.2) is 4.39 Å². The molecule has 0 radical (unpaired) electrons. The fourth-order valence-corrected chi connectivity index (χ4v) is 2.26. The Kier molecular flexibility index (Phi) is 4.08. The molecule has 2 N–H and O–H groups in total. The van der Waals surface area contributed by atoms with Crippen molar-refractivity contribution in [2.24, 2.45) is 0 Å². The van der Waals surface area contributed by atoms with Gasteiger partial charge < -0.3 is 19.6 Å². The predicted octanol–water partition coefficient (Wildman–Crippen LogP) is 2.37. The fraction of sp³-hybridized carbons (Fsp3) is 0.385. The first kappa shape index (κ1) is 14.5. The van der Waals surface area contributed by atoms with Gasteiger partial charge in [-0.15, -0.1) is 0 Å². The first-order valence-corrected chi connectivity index (χ1v) is 6.58. The van der Waals surface area contributed by atoms with E-state index in [1.165, 1.54) is 19.2 Å². The Hall–Kier alpha value is -1.89. The number of aromatic nitrogens is 2. The number of carbonyl (C=O) groups excluding carboxylic acids is 1. The number of benzene rings is 1. The van der Waals surface area contributed by atoms with Crippen LogP contribution in [0.1, 0.15) is 13.8 Å². The molecule has 1 amide bonds. The van der Waals surface area contributed by atoms with Gasteiger partial charge in [0.15, 0.2) is 16.3 Å². The molecule has 2 aromatic rings. The minimum atomic E-state index is -0.477. The summed E-state index contributed by atoms with van der Waals surface area (Å²) < 4.78 is 20.6. The van der Waals surface area contributed by atoms with Crippen molar-refractivity contribution in [3.63, 3.8) is 0 Å². The number of imidazole rings is 1. The summed E-state index contributed by atoms with van der Waals surface area (Å²) in [4.78, 5) is 14.7. The lowest BCUT2D eigenvalue weighted by Crippen LogP contribution is -2.33. The van der Waals surface area contributed by atoms with Crippen LogP contribution in [-0.2, 0) is 11.3 Å². The third kappa shape index (κ3) is 2.82.